The number of hydrogen-bond donors (Lipinski definition) is 1. The van der Waals surface area contributed by atoms with Gasteiger partial charge in [-0.05, 0) is 24.1 Å². The van der Waals surface area contributed by atoms with Gasteiger partial charge >= 0.3 is 5.97 Å². The third-order valence-corrected chi connectivity index (χ3v) is 4.20. The highest BCUT2D eigenvalue weighted by atomic mass is 16.5. The molecule has 0 saturated carbocycles. The van der Waals surface area contributed by atoms with Crippen molar-refractivity contribution in [3.63, 3.8) is 0 Å². The van der Waals surface area contributed by atoms with E-state index in [4.69, 9.17) is 10.5 Å². The minimum atomic E-state index is -1.02. The molecule has 0 heterocycles. The first-order valence-corrected chi connectivity index (χ1v) is 7.71. The molecule has 23 heavy (non-hydrogen) atoms. The van der Waals surface area contributed by atoms with Crippen LogP contribution in [0.5, 0.6) is 0 Å². The summed E-state index contributed by atoms with van der Waals surface area (Å²) < 4.78 is 5.08. The number of ether oxygens (including phenoxy) is 1. The van der Waals surface area contributed by atoms with Crippen molar-refractivity contribution in [2.24, 2.45) is 5.73 Å². The molecule has 0 aliphatic heterocycles. The predicted molar refractivity (Wildman–Crippen MR) is 87.3 cm³/mol. The summed E-state index contributed by atoms with van der Waals surface area (Å²) in [5, 5.41) is 0. The summed E-state index contributed by atoms with van der Waals surface area (Å²) in [5.74, 6) is -0.411. The van der Waals surface area contributed by atoms with Gasteiger partial charge in [0.05, 0.1) is 6.61 Å². The number of fused-ring (bicyclic) bond motifs is 1. The molecule has 0 bridgehead atoms. The van der Waals surface area contributed by atoms with E-state index in [9.17, 15) is 9.59 Å². The number of rotatable bonds is 4. The topological polar surface area (TPSA) is 69.4 Å². The van der Waals surface area contributed by atoms with Gasteiger partial charge in [-0.25, -0.2) is 0 Å². The van der Waals surface area contributed by atoms with Gasteiger partial charge in [-0.3, -0.25) is 9.59 Å². The fourth-order valence-electron chi connectivity index (χ4n) is 3.02. The number of esters is 1. The van der Waals surface area contributed by atoms with Gasteiger partial charge in [-0.15, -0.1) is 0 Å². The molecule has 0 spiro atoms. The van der Waals surface area contributed by atoms with Crippen molar-refractivity contribution in [1.82, 2.24) is 0 Å². The summed E-state index contributed by atoms with van der Waals surface area (Å²) in [6.45, 7) is 2.08. The molecule has 0 saturated heterocycles. The first-order valence-electron chi connectivity index (χ1n) is 7.71. The van der Waals surface area contributed by atoms with Crippen LogP contribution in [0.15, 0.2) is 48.5 Å². The van der Waals surface area contributed by atoms with Gasteiger partial charge in [0.2, 0.25) is 0 Å². The molecule has 1 atom stereocenters. The molecule has 2 N–H and O–H groups in total. The number of hydrogen-bond acceptors (Lipinski definition) is 4. The number of carbonyl (C=O) groups excluding carboxylic acids is 2. The van der Waals surface area contributed by atoms with E-state index >= 15 is 0 Å². The fraction of sp³-hybridized carbons (Fsp3) is 0.263. The molecule has 2 aromatic rings. The Bertz CT molecular complexity index is 754. The van der Waals surface area contributed by atoms with Crippen molar-refractivity contribution in [2.45, 2.75) is 25.3 Å². The van der Waals surface area contributed by atoms with Crippen molar-refractivity contribution < 1.29 is 14.3 Å². The van der Waals surface area contributed by atoms with Gasteiger partial charge in [0.25, 0.3) is 0 Å². The van der Waals surface area contributed by atoms with Gasteiger partial charge in [-0.2, -0.15) is 0 Å². The Kier molecular flexibility index (Phi) is 4.01. The lowest BCUT2D eigenvalue weighted by Crippen LogP contribution is -2.50. The van der Waals surface area contributed by atoms with E-state index in [2.05, 4.69) is 0 Å². The highest BCUT2D eigenvalue weighted by Crippen LogP contribution is 2.30. The summed E-state index contributed by atoms with van der Waals surface area (Å²) in [6.07, 6.45) is 0.845. The SMILES string of the molecule is CCOC(=O)[C@]1(N)Cc2ccc(C(=O)c3ccccc3)cc2C1. The molecule has 0 amide bonds. The lowest BCUT2D eigenvalue weighted by molar-refractivity contribution is -0.149. The molecule has 0 radical (unpaired) electrons. The molecule has 118 valence electrons. The lowest BCUT2D eigenvalue weighted by atomic mass is 9.97. The van der Waals surface area contributed by atoms with Gasteiger partial charge in [0.1, 0.15) is 5.54 Å². The number of benzene rings is 2. The molecular formula is C19H19NO3. The second-order valence-electron chi connectivity index (χ2n) is 5.91. The van der Waals surface area contributed by atoms with Crippen molar-refractivity contribution in [2.75, 3.05) is 6.61 Å². The second kappa shape index (κ2) is 5.97. The van der Waals surface area contributed by atoms with E-state index in [0.717, 1.165) is 11.1 Å². The predicted octanol–water partition coefficient (Wildman–Crippen LogP) is 2.28. The largest absolute Gasteiger partial charge is 0.465 e. The van der Waals surface area contributed by atoms with Gasteiger partial charge in [0, 0.05) is 24.0 Å². The van der Waals surface area contributed by atoms with Crippen LogP contribution in [0.3, 0.4) is 0 Å². The van der Waals surface area contributed by atoms with Crippen LogP contribution in [0.2, 0.25) is 0 Å². The smallest absolute Gasteiger partial charge is 0.326 e. The molecule has 3 rings (SSSR count). The molecule has 0 aromatic heterocycles. The summed E-state index contributed by atoms with van der Waals surface area (Å²) in [4.78, 5) is 24.6. The summed E-state index contributed by atoms with van der Waals surface area (Å²) >= 11 is 0. The van der Waals surface area contributed by atoms with Crippen molar-refractivity contribution in [1.29, 1.82) is 0 Å². The Morgan fingerprint density at radius 3 is 2.43 bits per heavy atom. The van der Waals surface area contributed by atoms with Crippen LogP contribution in [0.4, 0.5) is 0 Å². The average molecular weight is 309 g/mol. The summed E-state index contributed by atoms with van der Waals surface area (Å²) in [5.41, 5.74) is 8.41. The molecular weight excluding hydrogens is 290 g/mol. The first kappa shape index (κ1) is 15.4. The molecule has 1 aliphatic rings. The van der Waals surface area contributed by atoms with Crippen LogP contribution in [-0.4, -0.2) is 23.9 Å². The summed E-state index contributed by atoms with van der Waals surface area (Å²) in [6, 6.07) is 14.7. The van der Waals surface area contributed by atoms with Crippen LogP contribution in [0.1, 0.15) is 34.0 Å². The molecule has 2 aromatic carbocycles. The van der Waals surface area contributed by atoms with E-state index in [1.807, 2.05) is 30.3 Å². The Balaban J connectivity index is 1.86. The number of nitrogens with two attached hydrogens (primary N) is 1. The highest BCUT2D eigenvalue weighted by Gasteiger charge is 2.41. The maximum absolute atomic E-state index is 12.5. The van der Waals surface area contributed by atoms with E-state index in [1.165, 1.54) is 0 Å². The second-order valence-corrected chi connectivity index (χ2v) is 5.91. The van der Waals surface area contributed by atoms with Crippen LogP contribution in [-0.2, 0) is 22.4 Å². The monoisotopic (exact) mass is 309 g/mol. The number of carbonyl (C=O) groups is 2. The van der Waals surface area contributed by atoms with E-state index in [0.29, 0.717) is 30.6 Å². The van der Waals surface area contributed by atoms with Crippen LogP contribution >= 0.6 is 0 Å². The lowest BCUT2D eigenvalue weighted by Gasteiger charge is -2.20. The minimum absolute atomic E-state index is 0.0287. The maximum atomic E-state index is 12.5. The van der Waals surface area contributed by atoms with Crippen LogP contribution in [0.25, 0.3) is 0 Å². The third kappa shape index (κ3) is 2.90. The zero-order valence-corrected chi connectivity index (χ0v) is 13.0. The Labute approximate surface area is 135 Å². The quantitative estimate of drug-likeness (QED) is 0.695. The molecule has 0 fully saturated rings. The van der Waals surface area contributed by atoms with E-state index in [-0.39, 0.29) is 11.8 Å². The molecule has 4 nitrogen and oxygen atoms in total. The standard InChI is InChI=1S/C19H19NO3/c1-2-23-18(22)19(20)11-15-9-8-14(10-16(15)12-19)17(21)13-6-4-3-5-7-13/h3-10H,2,11-12,20H2,1H3/t19-/m0/s1. The zero-order valence-electron chi connectivity index (χ0n) is 13.0. The Morgan fingerprint density at radius 1 is 1.04 bits per heavy atom. The van der Waals surface area contributed by atoms with Crippen molar-refractivity contribution in [3.8, 4) is 0 Å². The van der Waals surface area contributed by atoms with Crippen LogP contribution in [0, 0.1) is 0 Å². The summed E-state index contributed by atoms with van der Waals surface area (Å²) in [7, 11) is 0. The van der Waals surface area contributed by atoms with E-state index in [1.54, 1.807) is 25.1 Å². The van der Waals surface area contributed by atoms with Crippen molar-refractivity contribution in [3.05, 3.63) is 70.8 Å². The first-order chi connectivity index (χ1) is 11.0. The Hall–Kier alpha value is -2.46. The molecule has 4 heteroatoms. The minimum Gasteiger partial charge on any atom is -0.465 e. The normalized spacial score (nSPS) is 19.2. The number of ketones is 1. The highest BCUT2D eigenvalue weighted by molar-refractivity contribution is 6.09. The Morgan fingerprint density at radius 2 is 1.74 bits per heavy atom. The fourth-order valence-corrected chi connectivity index (χ4v) is 3.02. The van der Waals surface area contributed by atoms with E-state index < -0.39 is 5.54 Å². The molecule has 1 aliphatic carbocycles. The van der Waals surface area contributed by atoms with Gasteiger partial charge in [0.15, 0.2) is 5.78 Å². The maximum Gasteiger partial charge on any atom is 0.326 e. The third-order valence-electron chi connectivity index (χ3n) is 4.20. The van der Waals surface area contributed by atoms with Crippen LogP contribution < -0.4 is 5.73 Å². The van der Waals surface area contributed by atoms with Gasteiger partial charge in [-0.1, -0.05) is 42.5 Å². The van der Waals surface area contributed by atoms with Gasteiger partial charge < -0.3 is 10.5 Å². The van der Waals surface area contributed by atoms with Crippen molar-refractivity contribution >= 4 is 11.8 Å². The molecule has 0 unspecified atom stereocenters. The average Bonchev–Trinajstić information content (AvgIpc) is 2.92. The zero-order chi connectivity index (χ0) is 16.4.